The fourth-order valence-electron chi connectivity index (χ4n) is 2.77. The van der Waals surface area contributed by atoms with Crippen molar-refractivity contribution >= 4 is 29.5 Å². The predicted molar refractivity (Wildman–Crippen MR) is 89.0 cm³/mol. The third-order valence-electron chi connectivity index (χ3n) is 3.88. The normalized spacial score (nSPS) is 24.9. The molecule has 8 heteroatoms. The predicted octanol–water partition coefficient (Wildman–Crippen LogP) is 0.127. The summed E-state index contributed by atoms with van der Waals surface area (Å²) in [6.07, 6.45) is 3.79. The molecule has 0 saturated carbocycles. The molecule has 0 unspecified atom stereocenters. The van der Waals surface area contributed by atoms with Gasteiger partial charge in [0.2, 0.25) is 5.91 Å². The lowest BCUT2D eigenvalue weighted by Crippen LogP contribution is -2.54. The van der Waals surface area contributed by atoms with E-state index in [1.807, 2.05) is 13.8 Å². The van der Waals surface area contributed by atoms with Crippen molar-refractivity contribution in [1.82, 2.24) is 15.5 Å². The monoisotopic (exact) mass is 340 g/mol. The number of primary amides is 1. The van der Waals surface area contributed by atoms with Gasteiger partial charge in [0.05, 0.1) is 6.04 Å². The highest BCUT2D eigenvalue weighted by Crippen LogP contribution is 2.26. The lowest BCUT2D eigenvalue weighted by atomic mass is 10.0. The molecule has 3 atom stereocenters. The molecule has 2 heterocycles. The Bertz CT molecular complexity index is 503. The quantitative estimate of drug-likeness (QED) is 0.637. The third kappa shape index (κ3) is 4.48. The first-order valence-corrected chi connectivity index (χ1v) is 8.81. The van der Waals surface area contributed by atoms with Gasteiger partial charge < -0.3 is 16.4 Å². The molecule has 1 fully saturated rings. The van der Waals surface area contributed by atoms with Crippen LogP contribution in [0.5, 0.6) is 0 Å². The van der Waals surface area contributed by atoms with E-state index in [1.54, 1.807) is 11.6 Å². The number of nitrogens with zero attached hydrogens (tertiary/aromatic N) is 1. The highest BCUT2D eigenvalue weighted by molar-refractivity contribution is 8.03. The topological polar surface area (TPSA) is 105 Å². The Balaban J connectivity index is 2.07. The molecule has 0 bridgehead atoms. The van der Waals surface area contributed by atoms with Crippen LogP contribution in [0.2, 0.25) is 0 Å². The number of hydrogen-bond donors (Lipinski definition) is 3. The third-order valence-corrected chi connectivity index (χ3v) is 4.87. The zero-order valence-corrected chi connectivity index (χ0v) is 14.3. The first-order chi connectivity index (χ1) is 10.9. The van der Waals surface area contributed by atoms with Crippen molar-refractivity contribution < 1.29 is 14.4 Å². The summed E-state index contributed by atoms with van der Waals surface area (Å²) in [5.74, 6) is -0.796. The SMILES string of the molecule is CC(C)C[C@H](NC(=O)[C@@H]1CCCN1)C(=O)N1C=CS[C@@H]1C(N)=O. The number of carbonyl (C=O) groups is 3. The van der Waals surface area contributed by atoms with Gasteiger partial charge in [0.15, 0.2) is 5.37 Å². The Morgan fingerprint density at radius 3 is 2.74 bits per heavy atom. The second-order valence-electron chi connectivity index (χ2n) is 6.26. The van der Waals surface area contributed by atoms with Crippen molar-refractivity contribution in [2.75, 3.05) is 6.54 Å². The van der Waals surface area contributed by atoms with Crippen molar-refractivity contribution in [2.24, 2.45) is 11.7 Å². The summed E-state index contributed by atoms with van der Waals surface area (Å²) in [6, 6.07) is -0.900. The largest absolute Gasteiger partial charge is 0.367 e. The summed E-state index contributed by atoms with van der Waals surface area (Å²) in [4.78, 5) is 37.9. The van der Waals surface area contributed by atoms with E-state index in [0.29, 0.717) is 6.42 Å². The summed E-state index contributed by atoms with van der Waals surface area (Å²) in [7, 11) is 0. The molecule has 3 amide bonds. The van der Waals surface area contributed by atoms with Crippen LogP contribution >= 0.6 is 11.8 Å². The Kier molecular flexibility index (Phi) is 6.06. The van der Waals surface area contributed by atoms with E-state index in [-0.39, 0.29) is 23.8 Å². The molecule has 23 heavy (non-hydrogen) atoms. The molecule has 0 spiro atoms. The first-order valence-electron chi connectivity index (χ1n) is 7.87. The number of hydrogen-bond acceptors (Lipinski definition) is 5. The van der Waals surface area contributed by atoms with Gasteiger partial charge in [-0.25, -0.2) is 0 Å². The van der Waals surface area contributed by atoms with E-state index in [9.17, 15) is 14.4 Å². The minimum Gasteiger partial charge on any atom is -0.367 e. The van der Waals surface area contributed by atoms with Crippen molar-refractivity contribution in [3.05, 3.63) is 11.6 Å². The molecule has 0 radical (unpaired) electrons. The fourth-order valence-corrected chi connectivity index (χ4v) is 3.56. The molecule has 0 aliphatic carbocycles. The zero-order valence-electron chi connectivity index (χ0n) is 13.5. The van der Waals surface area contributed by atoms with E-state index in [1.165, 1.54) is 16.7 Å². The summed E-state index contributed by atoms with van der Waals surface area (Å²) in [5, 5.41) is 6.89. The number of amides is 3. The molecule has 2 aliphatic rings. The second kappa shape index (κ2) is 7.83. The van der Waals surface area contributed by atoms with E-state index in [4.69, 9.17) is 5.73 Å². The molecule has 2 aliphatic heterocycles. The van der Waals surface area contributed by atoms with Crippen LogP contribution in [-0.2, 0) is 14.4 Å². The molecule has 4 N–H and O–H groups in total. The molecule has 7 nitrogen and oxygen atoms in total. The summed E-state index contributed by atoms with van der Waals surface area (Å²) in [5.41, 5.74) is 5.34. The van der Waals surface area contributed by atoms with Gasteiger partial charge in [-0.2, -0.15) is 0 Å². The smallest absolute Gasteiger partial charge is 0.251 e. The first kappa shape index (κ1) is 17.8. The van der Waals surface area contributed by atoms with Crippen LogP contribution in [0, 0.1) is 5.92 Å². The van der Waals surface area contributed by atoms with Gasteiger partial charge in [-0.3, -0.25) is 19.3 Å². The van der Waals surface area contributed by atoms with Gasteiger partial charge in [0.25, 0.3) is 11.8 Å². The number of nitrogens with one attached hydrogen (secondary N) is 2. The standard InChI is InChI=1S/C15H24N4O3S/c1-9(2)8-11(18-13(21)10-4-3-5-17-10)14(22)19-6-7-23-15(19)12(16)20/h6-7,9-11,15,17H,3-5,8H2,1-2H3,(H2,16,20)(H,18,21)/t10-,11-,15+/m0/s1. The fraction of sp³-hybridized carbons (Fsp3) is 0.667. The molecule has 0 aromatic rings. The summed E-state index contributed by atoms with van der Waals surface area (Å²) >= 11 is 1.19. The van der Waals surface area contributed by atoms with Crippen LogP contribution in [0.25, 0.3) is 0 Å². The van der Waals surface area contributed by atoms with E-state index < -0.39 is 17.3 Å². The van der Waals surface area contributed by atoms with E-state index >= 15 is 0 Å². The van der Waals surface area contributed by atoms with Crippen molar-refractivity contribution in [1.29, 1.82) is 0 Å². The van der Waals surface area contributed by atoms with E-state index in [0.717, 1.165) is 19.4 Å². The van der Waals surface area contributed by atoms with Gasteiger partial charge in [-0.15, -0.1) is 0 Å². The van der Waals surface area contributed by atoms with Gasteiger partial charge in [0.1, 0.15) is 6.04 Å². The van der Waals surface area contributed by atoms with Crippen LogP contribution < -0.4 is 16.4 Å². The van der Waals surface area contributed by atoms with Crippen LogP contribution in [0.1, 0.15) is 33.1 Å². The van der Waals surface area contributed by atoms with Crippen LogP contribution in [0.4, 0.5) is 0 Å². The Labute approximate surface area is 140 Å². The van der Waals surface area contributed by atoms with Gasteiger partial charge in [-0.05, 0) is 37.1 Å². The summed E-state index contributed by atoms with van der Waals surface area (Å²) in [6.45, 7) is 4.79. The van der Waals surface area contributed by atoms with Gasteiger partial charge >= 0.3 is 0 Å². The van der Waals surface area contributed by atoms with Crippen molar-refractivity contribution in [2.45, 2.75) is 50.6 Å². The number of rotatable bonds is 6. The van der Waals surface area contributed by atoms with Gasteiger partial charge in [0, 0.05) is 6.20 Å². The van der Waals surface area contributed by atoms with Crippen molar-refractivity contribution in [3.63, 3.8) is 0 Å². The Morgan fingerprint density at radius 2 is 2.17 bits per heavy atom. The van der Waals surface area contributed by atoms with E-state index in [2.05, 4.69) is 10.6 Å². The van der Waals surface area contributed by atoms with Crippen molar-refractivity contribution in [3.8, 4) is 0 Å². The summed E-state index contributed by atoms with van der Waals surface area (Å²) < 4.78 is 0. The maximum atomic E-state index is 12.8. The molecule has 0 aromatic heterocycles. The highest BCUT2D eigenvalue weighted by Gasteiger charge is 2.36. The zero-order chi connectivity index (χ0) is 17.0. The molecular weight excluding hydrogens is 316 g/mol. The van der Waals surface area contributed by atoms with Crippen LogP contribution in [0.3, 0.4) is 0 Å². The minimum absolute atomic E-state index is 0.159. The molecule has 1 saturated heterocycles. The average molecular weight is 340 g/mol. The number of thioether (sulfide) groups is 1. The number of nitrogens with two attached hydrogens (primary N) is 1. The highest BCUT2D eigenvalue weighted by atomic mass is 32.2. The van der Waals surface area contributed by atoms with Crippen LogP contribution in [0.15, 0.2) is 11.6 Å². The van der Waals surface area contributed by atoms with Gasteiger partial charge in [-0.1, -0.05) is 25.6 Å². The lowest BCUT2D eigenvalue weighted by Gasteiger charge is -2.28. The Hall–Kier alpha value is -1.54. The second-order valence-corrected chi connectivity index (χ2v) is 7.25. The Morgan fingerprint density at radius 1 is 1.43 bits per heavy atom. The van der Waals surface area contributed by atoms with Crippen LogP contribution in [-0.4, -0.2) is 46.6 Å². The number of carbonyl (C=O) groups excluding carboxylic acids is 3. The molecule has 128 valence electrons. The lowest BCUT2D eigenvalue weighted by molar-refractivity contribution is -0.137. The molecule has 0 aromatic carbocycles. The minimum atomic E-state index is -0.737. The maximum absolute atomic E-state index is 12.8. The maximum Gasteiger partial charge on any atom is 0.251 e. The molecule has 2 rings (SSSR count). The molecular formula is C15H24N4O3S. The average Bonchev–Trinajstić information content (AvgIpc) is 3.16.